The number of carbonyl (C=O) groups is 1. The Hall–Kier alpha value is -2.41. The van der Waals surface area contributed by atoms with E-state index in [-0.39, 0.29) is 17.7 Å². The van der Waals surface area contributed by atoms with Crippen molar-refractivity contribution in [3.63, 3.8) is 0 Å². The molecule has 2 aromatic heterocycles. The van der Waals surface area contributed by atoms with Gasteiger partial charge in [0.2, 0.25) is 0 Å². The van der Waals surface area contributed by atoms with E-state index in [0.717, 1.165) is 31.7 Å². The predicted molar refractivity (Wildman–Crippen MR) is 90.2 cm³/mol. The fourth-order valence-corrected chi connectivity index (χ4v) is 2.82. The van der Waals surface area contributed by atoms with Gasteiger partial charge in [0, 0.05) is 19.7 Å². The van der Waals surface area contributed by atoms with Gasteiger partial charge in [-0.05, 0) is 38.8 Å². The van der Waals surface area contributed by atoms with Crippen LogP contribution in [0, 0.1) is 0 Å². The molecule has 1 atom stereocenters. The van der Waals surface area contributed by atoms with E-state index in [9.17, 15) is 4.79 Å². The van der Waals surface area contributed by atoms with E-state index >= 15 is 0 Å². The van der Waals surface area contributed by atoms with Gasteiger partial charge in [-0.15, -0.1) is 0 Å². The number of hydrogen-bond acceptors (Lipinski definition) is 6. The molecule has 3 heterocycles. The average molecular weight is 330 g/mol. The molecular weight excluding hydrogens is 308 g/mol. The van der Waals surface area contributed by atoms with Crippen molar-refractivity contribution in [2.75, 3.05) is 29.9 Å². The maximum atomic E-state index is 12.5. The fourth-order valence-electron chi connectivity index (χ4n) is 2.82. The van der Waals surface area contributed by atoms with Gasteiger partial charge >= 0.3 is 0 Å². The third-order valence-corrected chi connectivity index (χ3v) is 4.13. The number of pyridine rings is 1. The highest BCUT2D eigenvalue weighted by atomic mass is 16.5. The van der Waals surface area contributed by atoms with Crippen molar-refractivity contribution in [1.82, 2.24) is 9.97 Å². The van der Waals surface area contributed by atoms with Gasteiger partial charge in [0.1, 0.15) is 11.9 Å². The van der Waals surface area contributed by atoms with Gasteiger partial charge in [0.25, 0.3) is 5.91 Å². The van der Waals surface area contributed by atoms with E-state index in [1.165, 1.54) is 6.39 Å². The Labute approximate surface area is 141 Å². The van der Waals surface area contributed by atoms with Crippen molar-refractivity contribution in [3.05, 3.63) is 36.2 Å². The van der Waals surface area contributed by atoms with Gasteiger partial charge in [0.15, 0.2) is 17.8 Å². The van der Waals surface area contributed by atoms with Crippen LogP contribution in [0.4, 0.5) is 11.5 Å². The summed E-state index contributed by atoms with van der Waals surface area (Å²) in [6.07, 6.45) is 4.56. The molecule has 1 N–H and O–H groups in total. The molecule has 0 bridgehead atoms. The molecule has 0 radical (unpaired) electrons. The first kappa shape index (κ1) is 16.4. The second kappa shape index (κ2) is 7.44. The van der Waals surface area contributed by atoms with E-state index in [1.54, 1.807) is 6.20 Å². The molecule has 0 aromatic carbocycles. The Morgan fingerprint density at radius 1 is 1.33 bits per heavy atom. The van der Waals surface area contributed by atoms with Gasteiger partial charge in [-0.2, -0.15) is 0 Å². The molecule has 24 heavy (non-hydrogen) atoms. The lowest BCUT2D eigenvalue weighted by atomic mass is 10.1. The molecule has 0 saturated carbocycles. The van der Waals surface area contributed by atoms with Crippen LogP contribution in [0.25, 0.3) is 0 Å². The summed E-state index contributed by atoms with van der Waals surface area (Å²) in [6.45, 7) is 6.62. The molecule has 7 nitrogen and oxygen atoms in total. The Kier molecular flexibility index (Phi) is 5.10. The van der Waals surface area contributed by atoms with Crippen LogP contribution >= 0.6 is 0 Å². The molecular formula is C17H22N4O3. The minimum Gasteiger partial charge on any atom is -0.445 e. The van der Waals surface area contributed by atoms with Crippen LogP contribution in [0.5, 0.6) is 0 Å². The lowest BCUT2D eigenvalue weighted by Crippen LogP contribution is -2.23. The first-order valence-corrected chi connectivity index (χ1v) is 8.30. The molecule has 1 aliphatic heterocycles. The van der Waals surface area contributed by atoms with Crippen LogP contribution in [-0.2, 0) is 4.74 Å². The van der Waals surface area contributed by atoms with Crippen LogP contribution in [0.1, 0.15) is 49.0 Å². The number of nitrogens with zero attached hydrogens (tertiary/aromatic N) is 3. The number of rotatable bonds is 6. The van der Waals surface area contributed by atoms with Crippen molar-refractivity contribution in [2.24, 2.45) is 0 Å². The van der Waals surface area contributed by atoms with Crippen LogP contribution < -0.4 is 10.2 Å². The molecule has 2 aromatic rings. The van der Waals surface area contributed by atoms with Gasteiger partial charge in [-0.1, -0.05) is 0 Å². The first-order chi connectivity index (χ1) is 11.7. The van der Waals surface area contributed by atoms with Gasteiger partial charge in [0.05, 0.1) is 11.9 Å². The third kappa shape index (κ3) is 3.41. The first-order valence-electron chi connectivity index (χ1n) is 8.30. The van der Waals surface area contributed by atoms with Crippen LogP contribution in [-0.4, -0.2) is 35.6 Å². The number of nitrogens with one attached hydrogen (secondary N) is 1. The fraction of sp³-hybridized carbons (Fsp3) is 0.471. The largest absolute Gasteiger partial charge is 0.445 e. The highest BCUT2D eigenvalue weighted by Crippen LogP contribution is 2.30. The number of anilines is 2. The summed E-state index contributed by atoms with van der Waals surface area (Å²) >= 11 is 0. The predicted octanol–water partition coefficient (Wildman–Crippen LogP) is 3.02. The number of aromatic nitrogens is 2. The van der Waals surface area contributed by atoms with E-state index in [2.05, 4.69) is 34.0 Å². The number of ether oxygens (including phenoxy) is 1. The molecule has 0 spiro atoms. The van der Waals surface area contributed by atoms with Crippen molar-refractivity contribution < 1.29 is 13.9 Å². The molecule has 1 fully saturated rings. The minimum absolute atomic E-state index is 0.184. The molecule has 7 heteroatoms. The molecule has 0 unspecified atom stereocenters. The van der Waals surface area contributed by atoms with Crippen LogP contribution in [0.3, 0.4) is 0 Å². The third-order valence-electron chi connectivity index (χ3n) is 4.13. The van der Waals surface area contributed by atoms with E-state index in [0.29, 0.717) is 18.1 Å². The Morgan fingerprint density at radius 2 is 2.17 bits per heavy atom. The quantitative estimate of drug-likeness (QED) is 0.877. The zero-order valence-electron chi connectivity index (χ0n) is 14.0. The topological polar surface area (TPSA) is 80.5 Å². The minimum atomic E-state index is -0.313. The zero-order valence-corrected chi connectivity index (χ0v) is 14.0. The highest BCUT2D eigenvalue weighted by Gasteiger charge is 2.28. The van der Waals surface area contributed by atoms with Crippen LogP contribution in [0.2, 0.25) is 0 Å². The lowest BCUT2D eigenvalue weighted by Gasteiger charge is -2.19. The van der Waals surface area contributed by atoms with Crippen LogP contribution in [0.15, 0.2) is 29.1 Å². The SMILES string of the molecule is CCN(CC)c1ccc(NC(=O)c2ncoc2[C@H]2CCCO2)cn1. The summed E-state index contributed by atoms with van der Waals surface area (Å²) in [5.74, 6) is 1.07. The Balaban J connectivity index is 1.70. The van der Waals surface area contributed by atoms with Gasteiger partial charge in [-0.3, -0.25) is 4.79 Å². The van der Waals surface area contributed by atoms with Crippen molar-refractivity contribution >= 4 is 17.4 Å². The molecule has 1 saturated heterocycles. The summed E-state index contributed by atoms with van der Waals surface area (Å²) in [5.41, 5.74) is 0.895. The normalized spacial score (nSPS) is 17.0. The second-order valence-electron chi connectivity index (χ2n) is 5.60. The van der Waals surface area contributed by atoms with E-state index in [1.807, 2.05) is 12.1 Å². The van der Waals surface area contributed by atoms with Gasteiger partial charge in [-0.25, -0.2) is 9.97 Å². The Morgan fingerprint density at radius 3 is 2.79 bits per heavy atom. The summed E-state index contributed by atoms with van der Waals surface area (Å²) in [5, 5.41) is 2.81. The van der Waals surface area contributed by atoms with Crippen molar-refractivity contribution in [2.45, 2.75) is 32.8 Å². The molecule has 1 aliphatic rings. The van der Waals surface area contributed by atoms with Crippen molar-refractivity contribution in [3.8, 4) is 0 Å². The number of amides is 1. The lowest BCUT2D eigenvalue weighted by molar-refractivity contribution is 0.0889. The van der Waals surface area contributed by atoms with E-state index in [4.69, 9.17) is 9.15 Å². The molecule has 1 amide bonds. The molecule has 0 aliphatic carbocycles. The summed E-state index contributed by atoms with van der Waals surface area (Å²) in [7, 11) is 0. The van der Waals surface area contributed by atoms with E-state index < -0.39 is 0 Å². The number of carbonyl (C=O) groups excluding carboxylic acids is 1. The number of oxazole rings is 1. The molecule has 3 rings (SSSR count). The highest BCUT2D eigenvalue weighted by molar-refractivity contribution is 6.03. The molecule has 128 valence electrons. The zero-order chi connectivity index (χ0) is 16.9. The smallest absolute Gasteiger partial charge is 0.278 e. The van der Waals surface area contributed by atoms with Crippen molar-refractivity contribution in [1.29, 1.82) is 0 Å². The maximum absolute atomic E-state index is 12.5. The van der Waals surface area contributed by atoms with Gasteiger partial charge < -0.3 is 19.4 Å². The Bertz CT molecular complexity index is 673. The summed E-state index contributed by atoms with van der Waals surface area (Å²) in [4.78, 5) is 23.0. The second-order valence-corrected chi connectivity index (χ2v) is 5.60. The summed E-state index contributed by atoms with van der Waals surface area (Å²) in [6, 6.07) is 3.73. The summed E-state index contributed by atoms with van der Waals surface area (Å²) < 4.78 is 10.9. The number of hydrogen-bond donors (Lipinski definition) is 1. The standard InChI is InChI=1S/C17H22N4O3/c1-3-21(4-2)14-8-7-12(10-18-14)20-17(22)15-16(24-11-19-15)13-6-5-9-23-13/h7-8,10-11,13H,3-6,9H2,1-2H3,(H,20,22)/t13-/m1/s1. The monoisotopic (exact) mass is 330 g/mol. The average Bonchev–Trinajstić information content (AvgIpc) is 3.28. The maximum Gasteiger partial charge on any atom is 0.278 e.